The van der Waals surface area contributed by atoms with Crippen molar-refractivity contribution in [1.82, 2.24) is 15.0 Å². The van der Waals surface area contributed by atoms with Crippen molar-refractivity contribution in [3.8, 4) is 0 Å². The minimum absolute atomic E-state index is 0.191. The molecule has 6 nitrogen and oxygen atoms in total. The molecule has 0 bridgehead atoms. The predicted octanol–water partition coefficient (Wildman–Crippen LogP) is 2.17. The van der Waals surface area contributed by atoms with Crippen LogP contribution in [0, 0.1) is 0 Å². The lowest BCUT2D eigenvalue weighted by atomic mass is 10.2. The van der Waals surface area contributed by atoms with Gasteiger partial charge in [-0.2, -0.15) is 0 Å². The number of fused-ring (bicyclic) bond motifs is 1. The number of para-hydroxylation sites is 2. The van der Waals surface area contributed by atoms with Crippen LogP contribution < -0.4 is 5.48 Å². The molecule has 2 aromatic rings. The Hall–Kier alpha value is -1.92. The maximum Gasteiger partial charge on any atom is 0.263 e. The Labute approximate surface area is 129 Å². The van der Waals surface area contributed by atoms with Gasteiger partial charge in [0, 0.05) is 19.4 Å². The number of imidazole rings is 1. The lowest BCUT2D eigenvalue weighted by Crippen LogP contribution is -2.35. The van der Waals surface area contributed by atoms with Crippen LogP contribution in [0.2, 0.25) is 0 Å². The van der Waals surface area contributed by atoms with Crippen molar-refractivity contribution in [2.45, 2.75) is 45.4 Å². The number of benzene rings is 1. The lowest BCUT2D eigenvalue weighted by Gasteiger charge is -2.22. The molecule has 3 rings (SSSR count). The maximum absolute atomic E-state index is 12.1. The molecule has 1 saturated heterocycles. The van der Waals surface area contributed by atoms with Crippen molar-refractivity contribution in [3.05, 3.63) is 30.1 Å². The third-order valence-electron chi connectivity index (χ3n) is 3.79. The Balaban J connectivity index is 1.65. The molecule has 2 heterocycles. The maximum atomic E-state index is 12.1. The quantitative estimate of drug-likeness (QED) is 0.860. The number of carbonyl (C=O) groups excluding carboxylic acids is 1. The van der Waals surface area contributed by atoms with Crippen LogP contribution in [0.15, 0.2) is 24.3 Å². The number of hydrogen-bond acceptors (Lipinski definition) is 4. The van der Waals surface area contributed by atoms with Gasteiger partial charge in [0.2, 0.25) is 0 Å². The third kappa shape index (κ3) is 3.28. The topological polar surface area (TPSA) is 65.4 Å². The average molecular weight is 303 g/mol. The molecular formula is C16H21N3O3. The van der Waals surface area contributed by atoms with E-state index in [9.17, 15) is 4.79 Å². The molecule has 0 spiro atoms. The van der Waals surface area contributed by atoms with E-state index in [1.807, 2.05) is 35.8 Å². The van der Waals surface area contributed by atoms with Gasteiger partial charge in [-0.05, 0) is 25.0 Å². The second kappa shape index (κ2) is 6.89. The van der Waals surface area contributed by atoms with Crippen molar-refractivity contribution in [3.63, 3.8) is 0 Å². The molecule has 6 heteroatoms. The first-order valence-electron chi connectivity index (χ1n) is 7.78. The van der Waals surface area contributed by atoms with Gasteiger partial charge in [-0.15, -0.1) is 0 Å². The second-order valence-corrected chi connectivity index (χ2v) is 5.40. The summed E-state index contributed by atoms with van der Waals surface area (Å²) < 4.78 is 7.35. The summed E-state index contributed by atoms with van der Waals surface area (Å²) in [5.74, 6) is 0.692. The summed E-state index contributed by atoms with van der Waals surface area (Å²) in [4.78, 5) is 22.0. The molecular weight excluding hydrogens is 282 g/mol. The van der Waals surface area contributed by atoms with Crippen molar-refractivity contribution >= 4 is 16.9 Å². The molecule has 1 fully saturated rings. The number of rotatable bonds is 5. The van der Waals surface area contributed by atoms with E-state index in [0.717, 1.165) is 42.5 Å². The molecule has 1 atom stereocenters. The van der Waals surface area contributed by atoms with Crippen LogP contribution in [0.25, 0.3) is 11.0 Å². The summed E-state index contributed by atoms with van der Waals surface area (Å²) >= 11 is 0. The highest BCUT2D eigenvalue weighted by Gasteiger charge is 2.17. The Bertz CT molecular complexity index is 647. The van der Waals surface area contributed by atoms with Crippen LogP contribution >= 0.6 is 0 Å². The molecule has 0 radical (unpaired) electrons. The number of hydroxylamine groups is 1. The van der Waals surface area contributed by atoms with Crippen LogP contribution in [0.3, 0.4) is 0 Å². The first kappa shape index (κ1) is 15.0. The Morgan fingerprint density at radius 2 is 2.32 bits per heavy atom. The van der Waals surface area contributed by atoms with Gasteiger partial charge in [-0.1, -0.05) is 19.1 Å². The molecule has 118 valence electrons. The van der Waals surface area contributed by atoms with Gasteiger partial charge in [0.25, 0.3) is 5.91 Å². The smallest absolute Gasteiger partial charge is 0.263 e. The Morgan fingerprint density at radius 3 is 3.09 bits per heavy atom. The number of aryl methyl sites for hydroxylation is 1. The number of hydrogen-bond donors (Lipinski definition) is 1. The first-order chi connectivity index (χ1) is 10.8. The van der Waals surface area contributed by atoms with E-state index < -0.39 is 0 Å². The highest BCUT2D eigenvalue weighted by atomic mass is 16.8. The summed E-state index contributed by atoms with van der Waals surface area (Å²) in [5, 5.41) is 0. The fourth-order valence-electron chi connectivity index (χ4n) is 2.68. The number of carbonyl (C=O) groups is 1. The van der Waals surface area contributed by atoms with E-state index in [2.05, 4.69) is 10.5 Å². The zero-order valence-corrected chi connectivity index (χ0v) is 12.7. The molecule has 0 aliphatic carbocycles. The molecule has 1 aliphatic heterocycles. The molecule has 1 amide bonds. The van der Waals surface area contributed by atoms with E-state index in [1.165, 1.54) is 0 Å². The summed E-state index contributed by atoms with van der Waals surface area (Å²) in [5.41, 5.74) is 4.36. The van der Waals surface area contributed by atoms with Crippen LogP contribution in [-0.4, -0.2) is 28.4 Å². The number of amides is 1. The van der Waals surface area contributed by atoms with Gasteiger partial charge in [-0.3, -0.25) is 4.79 Å². The zero-order chi connectivity index (χ0) is 15.4. The van der Waals surface area contributed by atoms with Gasteiger partial charge in [-0.25, -0.2) is 15.3 Å². The molecule has 1 unspecified atom stereocenters. The predicted molar refractivity (Wildman–Crippen MR) is 81.9 cm³/mol. The number of aromatic nitrogens is 2. The van der Waals surface area contributed by atoms with E-state index in [1.54, 1.807) is 0 Å². The van der Waals surface area contributed by atoms with Gasteiger partial charge in [0.05, 0.1) is 11.0 Å². The molecule has 1 aliphatic rings. The summed E-state index contributed by atoms with van der Waals surface area (Å²) in [7, 11) is 0. The minimum Gasteiger partial charge on any atom is -0.350 e. The fourth-order valence-corrected chi connectivity index (χ4v) is 2.68. The second-order valence-electron chi connectivity index (χ2n) is 5.40. The molecule has 1 N–H and O–H groups in total. The normalized spacial score (nSPS) is 18.5. The molecule has 0 saturated carbocycles. The van der Waals surface area contributed by atoms with Crippen LogP contribution in [-0.2, 0) is 27.3 Å². The van der Waals surface area contributed by atoms with E-state index >= 15 is 0 Å². The van der Waals surface area contributed by atoms with E-state index in [-0.39, 0.29) is 18.7 Å². The standard InChI is InChI=1S/C16H21N3O3/c1-2-14-17-12-7-3-4-8-13(12)19(14)11-15(20)18-22-16-9-5-6-10-21-16/h3-4,7-8,16H,2,5-6,9-11H2,1H3,(H,18,20). The van der Waals surface area contributed by atoms with Crippen molar-refractivity contribution in [2.24, 2.45) is 0 Å². The van der Waals surface area contributed by atoms with Gasteiger partial charge >= 0.3 is 0 Å². The summed E-state index contributed by atoms with van der Waals surface area (Å²) in [6, 6.07) is 7.82. The largest absolute Gasteiger partial charge is 0.350 e. The highest BCUT2D eigenvalue weighted by molar-refractivity contribution is 5.80. The zero-order valence-electron chi connectivity index (χ0n) is 12.7. The number of ether oxygens (including phenoxy) is 1. The molecule has 1 aromatic heterocycles. The van der Waals surface area contributed by atoms with Crippen molar-refractivity contribution < 1.29 is 14.4 Å². The first-order valence-corrected chi connectivity index (χ1v) is 7.78. The van der Waals surface area contributed by atoms with Crippen LogP contribution in [0.5, 0.6) is 0 Å². The average Bonchev–Trinajstić information content (AvgIpc) is 2.92. The van der Waals surface area contributed by atoms with E-state index in [4.69, 9.17) is 9.57 Å². The van der Waals surface area contributed by atoms with Crippen LogP contribution in [0.4, 0.5) is 0 Å². The minimum atomic E-state index is -0.331. The van der Waals surface area contributed by atoms with Gasteiger partial charge in [0.1, 0.15) is 12.4 Å². The molecule has 1 aromatic carbocycles. The van der Waals surface area contributed by atoms with Gasteiger partial charge in [0.15, 0.2) is 6.29 Å². The van der Waals surface area contributed by atoms with Gasteiger partial charge < -0.3 is 9.30 Å². The SMILES string of the molecule is CCc1nc2ccccc2n1CC(=O)NOC1CCCCO1. The van der Waals surface area contributed by atoms with Crippen LogP contribution in [0.1, 0.15) is 32.0 Å². The Kier molecular flexibility index (Phi) is 4.70. The fraction of sp³-hybridized carbons (Fsp3) is 0.500. The summed E-state index contributed by atoms with van der Waals surface area (Å²) in [6.45, 7) is 2.91. The third-order valence-corrected chi connectivity index (χ3v) is 3.79. The summed E-state index contributed by atoms with van der Waals surface area (Å²) in [6.07, 6.45) is 3.37. The van der Waals surface area contributed by atoms with Crippen molar-refractivity contribution in [2.75, 3.05) is 6.61 Å². The van der Waals surface area contributed by atoms with E-state index in [0.29, 0.717) is 6.61 Å². The highest BCUT2D eigenvalue weighted by Crippen LogP contribution is 2.16. The lowest BCUT2D eigenvalue weighted by molar-refractivity contribution is -0.200. The van der Waals surface area contributed by atoms with Crippen molar-refractivity contribution in [1.29, 1.82) is 0 Å². The monoisotopic (exact) mass is 303 g/mol. The molecule has 22 heavy (non-hydrogen) atoms. The number of nitrogens with one attached hydrogen (secondary N) is 1. The Morgan fingerprint density at radius 1 is 1.45 bits per heavy atom. The number of nitrogens with zero attached hydrogens (tertiary/aromatic N) is 2.